The fraction of sp³-hybridized carbons (Fsp3) is 0.895. The van der Waals surface area contributed by atoms with Crippen molar-refractivity contribution in [3.8, 4) is 0 Å². The summed E-state index contributed by atoms with van der Waals surface area (Å²) in [5.41, 5.74) is 0.470. The van der Waals surface area contributed by atoms with E-state index in [1.807, 2.05) is 0 Å². The van der Waals surface area contributed by atoms with Gasteiger partial charge in [0.1, 0.15) is 11.6 Å². The van der Waals surface area contributed by atoms with Crippen LogP contribution in [0.25, 0.3) is 0 Å². The molecular formula is C19H33N5. The Morgan fingerprint density at radius 2 is 1.83 bits per heavy atom. The number of hydrogen-bond acceptors (Lipinski definition) is 4. The molecule has 0 amide bonds. The molecule has 1 aromatic heterocycles. The highest BCUT2D eigenvalue weighted by atomic mass is 15.3. The van der Waals surface area contributed by atoms with Gasteiger partial charge in [-0.1, -0.05) is 6.92 Å². The first-order valence-corrected chi connectivity index (χ1v) is 10.1. The SMILES string of the molecule is CCc1nnc2n1CC(NC1CCC(C)(N3CCCC3)CC1)CC2. The molecule has 1 N–H and O–H groups in total. The van der Waals surface area contributed by atoms with Crippen molar-refractivity contribution in [2.75, 3.05) is 13.1 Å². The Labute approximate surface area is 146 Å². The van der Waals surface area contributed by atoms with Gasteiger partial charge in [0, 0.05) is 37.0 Å². The Morgan fingerprint density at radius 3 is 2.54 bits per heavy atom. The van der Waals surface area contributed by atoms with Gasteiger partial charge < -0.3 is 9.88 Å². The van der Waals surface area contributed by atoms with Gasteiger partial charge >= 0.3 is 0 Å². The van der Waals surface area contributed by atoms with Gasteiger partial charge in [0.25, 0.3) is 0 Å². The van der Waals surface area contributed by atoms with Crippen molar-refractivity contribution < 1.29 is 0 Å². The molecule has 2 aliphatic heterocycles. The molecule has 0 aromatic carbocycles. The standard InChI is InChI=1S/C19H33N5/c1-3-17-21-22-18-7-6-16(14-24(17)18)20-15-8-10-19(2,11-9-15)23-12-4-5-13-23/h15-16,20H,3-14H2,1-2H3. The zero-order valence-corrected chi connectivity index (χ0v) is 15.4. The Hall–Kier alpha value is -0.940. The molecule has 0 spiro atoms. The van der Waals surface area contributed by atoms with Crippen LogP contribution in [0, 0.1) is 0 Å². The number of nitrogens with one attached hydrogen (secondary N) is 1. The van der Waals surface area contributed by atoms with Crippen molar-refractivity contribution in [1.29, 1.82) is 0 Å². The Kier molecular flexibility index (Phi) is 4.65. The van der Waals surface area contributed by atoms with E-state index in [1.165, 1.54) is 63.9 Å². The van der Waals surface area contributed by atoms with Crippen molar-refractivity contribution in [2.45, 2.75) is 95.8 Å². The van der Waals surface area contributed by atoms with Gasteiger partial charge in [0.2, 0.25) is 0 Å². The third kappa shape index (κ3) is 3.13. The van der Waals surface area contributed by atoms with Crippen LogP contribution in [0.3, 0.4) is 0 Å². The molecule has 24 heavy (non-hydrogen) atoms. The van der Waals surface area contributed by atoms with E-state index in [1.54, 1.807) is 0 Å². The highest BCUT2D eigenvalue weighted by Gasteiger charge is 2.37. The molecule has 1 atom stereocenters. The van der Waals surface area contributed by atoms with Crippen LogP contribution in [-0.4, -0.2) is 50.4 Å². The van der Waals surface area contributed by atoms with Crippen LogP contribution in [0.4, 0.5) is 0 Å². The van der Waals surface area contributed by atoms with Crippen molar-refractivity contribution in [3.05, 3.63) is 11.6 Å². The zero-order chi connectivity index (χ0) is 16.6. The molecule has 4 rings (SSSR count). The lowest BCUT2D eigenvalue weighted by molar-refractivity contribution is 0.0765. The number of rotatable bonds is 4. The average molecular weight is 332 g/mol. The maximum absolute atomic E-state index is 4.35. The molecule has 0 radical (unpaired) electrons. The van der Waals surface area contributed by atoms with Gasteiger partial charge in [-0.2, -0.15) is 0 Å². The van der Waals surface area contributed by atoms with E-state index in [9.17, 15) is 0 Å². The minimum Gasteiger partial charge on any atom is -0.313 e. The van der Waals surface area contributed by atoms with Crippen LogP contribution >= 0.6 is 0 Å². The van der Waals surface area contributed by atoms with E-state index in [-0.39, 0.29) is 0 Å². The lowest BCUT2D eigenvalue weighted by Gasteiger charge is -2.45. The second kappa shape index (κ2) is 6.75. The van der Waals surface area contributed by atoms with Crippen molar-refractivity contribution >= 4 is 0 Å². The average Bonchev–Trinajstić information content (AvgIpc) is 3.26. The van der Waals surface area contributed by atoms with Crippen LogP contribution in [0.5, 0.6) is 0 Å². The van der Waals surface area contributed by atoms with Crippen LogP contribution in [0.1, 0.15) is 70.4 Å². The third-order valence-corrected chi connectivity index (χ3v) is 6.74. The molecular weight excluding hydrogens is 298 g/mol. The fourth-order valence-electron chi connectivity index (χ4n) is 5.09. The molecule has 2 fully saturated rings. The van der Waals surface area contributed by atoms with E-state index < -0.39 is 0 Å². The first-order chi connectivity index (χ1) is 11.7. The van der Waals surface area contributed by atoms with E-state index in [2.05, 4.69) is 38.8 Å². The van der Waals surface area contributed by atoms with Gasteiger partial charge in [-0.15, -0.1) is 10.2 Å². The zero-order valence-electron chi connectivity index (χ0n) is 15.4. The maximum Gasteiger partial charge on any atom is 0.133 e. The van der Waals surface area contributed by atoms with Crippen molar-refractivity contribution in [2.24, 2.45) is 0 Å². The molecule has 5 nitrogen and oxygen atoms in total. The molecule has 3 heterocycles. The van der Waals surface area contributed by atoms with Crippen molar-refractivity contribution in [3.63, 3.8) is 0 Å². The molecule has 134 valence electrons. The van der Waals surface area contributed by atoms with Crippen LogP contribution < -0.4 is 5.32 Å². The minimum atomic E-state index is 0.470. The van der Waals surface area contributed by atoms with Crippen LogP contribution in [0.15, 0.2) is 0 Å². The summed E-state index contributed by atoms with van der Waals surface area (Å²) in [6.45, 7) is 8.40. The smallest absolute Gasteiger partial charge is 0.133 e. The predicted molar refractivity (Wildman–Crippen MR) is 96.1 cm³/mol. The molecule has 1 aromatic rings. The van der Waals surface area contributed by atoms with E-state index in [0.717, 1.165) is 25.2 Å². The van der Waals surface area contributed by atoms with Gasteiger partial charge in [-0.3, -0.25) is 4.90 Å². The van der Waals surface area contributed by atoms with Crippen LogP contribution in [0.2, 0.25) is 0 Å². The molecule has 1 saturated heterocycles. The summed E-state index contributed by atoms with van der Waals surface area (Å²) >= 11 is 0. The topological polar surface area (TPSA) is 46.0 Å². The summed E-state index contributed by atoms with van der Waals surface area (Å²) in [5, 5.41) is 12.7. The van der Waals surface area contributed by atoms with E-state index in [4.69, 9.17) is 0 Å². The van der Waals surface area contributed by atoms with Gasteiger partial charge in [-0.25, -0.2) is 0 Å². The summed E-state index contributed by atoms with van der Waals surface area (Å²) in [6, 6.07) is 1.30. The van der Waals surface area contributed by atoms with Gasteiger partial charge in [-0.05, 0) is 65.0 Å². The summed E-state index contributed by atoms with van der Waals surface area (Å²) in [5.74, 6) is 2.34. The molecule has 1 unspecified atom stereocenters. The quantitative estimate of drug-likeness (QED) is 0.921. The summed E-state index contributed by atoms with van der Waals surface area (Å²) in [4.78, 5) is 2.76. The van der Waals surface area contributed by atoms with Crippen LogP contribution in [-0.2, 0) is 19.4 Å². The highest BCUT2D eigenvalue weighted by molar-refractivity contribution is 5.02. The second-order valence-corrected chi connectivity index (χ2v) is 8.36. The fourth-order valence-corrected chi connectivity index (χ4v) is 5.09. The maximum atomic E-state index is 4.35. The number of nitrogens with zero attached hydrogens (tertiary/aromatic N) is 4. The van der Waals surface area contributed by atoms with Gasteiger partial charge in [0.15, 0.2) is 0 Å². The molecule has 0 bridgehead atoms. The first kappa shape index (κ1) is 16.5. The number of fused-ring (bicyclic) bond motifs is 1. The normalized spacial score (nSPS) is 34.4. The monoisotopic (exact) mass is 331 g/mol. The summed E-state index contributed by atoms with van der Waals surface area (Å²) in [7, 11) is 0. The molecule has 3 aliphatic rings. The summed E-state index contributed by atoms with van der Waals surface area (Å²) in [6.07, 6.45) is 11.5. The Morgan fingerprint density at radius 1 is 1.08 bits per heavy atom. The minimum absolute atomic E-state index is 0.470. The second-order valence-electron chi connectivity index (χ2n) is 8.36. The summed E-state index contributed by atoms with van der Waals surface area (Å²) < 4.78 is 2.36. The third-order valence-electron chi connectivity index (χ3n) is 6.74. The lowest BCUT2D eigenvalue weighted by atomic mass is 9.79. The molecule has 1 saturated carbocycles. The lowest BCUT2D eigenvalue weighted by Crippen LogP contribution is -2.52. The number of aromatic nitrogens is 3. The van der Waals surface area contributed by atoms with Gasteiger partial charge in [0.05, 0.1) is 0 Å². The Bertz CT molecular complexity index is 539. The largest absolute Gasteiger partial charge is 0.313 e. The molecule has 1 aliphatic carbocycles. The first-order valence-electron chi connectivity index (χ1n) is 10.1. The highest BCUT2D eigenvalue weighted by Crippen LogP contribution is 2.36. The number of likely N-dealkylation sites (tertiary alicyclic amines) is 1. The molecule has 5 heteroatoms. The van der Waals surface area contributed by atoms with Crippen molar-refractivity contribution in [1.82, 2.24) is 25.0 Å². The van der Waals surface area contributed by atoms with E-state index >= 15 is 0 Å². The number of aryl methyl sites for hydroxylation is 2. The van der Waals surface area contributed by atoms with E-state index in [0.29, 0.717) is 17.6 Å². The number of hydrogen-bond donors (Lipinski definition) is 1. The predicted octanol–water partition coefficient (Wildman–Crippen LogP) is 2.54. The Balaban J connectivity index is 1.31.